The lowest BCUT2D eigenvalue weighted by atomic mass is 9.83. The number of carbonyl (C=O) groups excluding carboxylic acids is 5. The summed E-state index contributed by atoms with van der Waals surface area (Å²) in [6.07, 6.45) is 6.59. The van der Waals surface area contributed by atoms with Gasteiger partial charge in [0.1, 0.15) is 17.8 Å². The van der Waals surface area contributed by atoms with Crippen molar-refractivity contribution in [3.63, 3.8) is 0 Å². The summed E-state index contributed by atoms with van der Waals surface area (Å²) in [4.78, 5) is 67.4. The van der Waals surface area contributed by atoms with E-state index in [0.717, 1.165) is 44.1 Å². The van der Waals surface area contributed by atoms with Gasteiger partial charge >= 0.3 is 0 Å². The highest BCUT2D eigenvalue weighted by Crippen LogP contribution is 2.32. The van der Waals surface area contributed by atoms with Crippen LogP contribution in [-0.4, -0.2) is 77.3 Å². The van der Waals surface area contributed by atoms with Gasteiger partial charge in [0.25, 0.3) is 5.91 Å². The summed E-state index contributed by atoms with van der Waals surface area (Å²) in [6, 6.07) is 4.56. The second-order valence-electron chi connectivity index (χ2n) is 13.0. The molecule has 1 aliphatic carbocycles. The molecule has 0 aromatic heterocycles. The number of ether oxygens (including phenoxy) is 2. The number of Topliss-reactive ketones (excluding diaryl/α,β-unsaturated/α-hetero) is 1. The van der Waals surface area contributed by atoms with E-state index in [1.165, 1.54) is 4.90 Å². The molecule has 4 rings (SSSR count). The molecule has 1 saturated carbocycles. The molecule has 2 aliphatic heterocycles. The lowest BCUT2D eigenvalue weighted by molar-refractivity contribution is -0.144. The number of nitrogens with zero attached hydrogens (tertiary/aromatic N) is 1. The number of hydrogen-bond acceptors (Lipinski definition) is 7. The SMILES string of the molecule is CCCCC(NC(=O)C1C[C@@H]2CN1C(=O)[C@H](C1CCCCC1)NC(=O)Cc1cccc(c1)OCCC(C)(C)O2)C(=O)C(N)=O. The Balaban J connectivity index is 1.66. The van der Waals surface area contributed by atoms with Crippen molar-refractivity contribution in [2.45, 2.75) is 121 Å². The molecule has 2 heterocycles. The van der Waals surface area contributed by atoms with Crippen LogP contribution in [0.2, 0.25) is 0 Å². The van der Waals surface area contributed by atoms with E-state index in [0.29, 0.717) is 25.2 Å². The van der Waals surface area contributed by atoms with Crippen LogP contribution in [0.3, 0.4) is 0 Å². The zero-order chi connectivity index (χ0) is 31.9. The molecule has 4 atom stereocenters. The van der Waals surface area contributed by atoms with Crippen LogP contribution in [0, 0.1) is 5.92 Å². The molecular weight excluding hydrogens is 564 g/mol. The predicted molar refractivity (Wildman–Crippen MR) is 163 cm³/mol. The second-order valence-corrected chi connectivity index (χ2v) is 13.0. The Kier molecular flexibility index (Phi) is 11.4. The van der Waals surface area contributed by atoms with Crippen LogP contribution in [0.5, 0.6) is 5.75 Å². The van der Waals surface area contributed by atoms with Crippen molar-refractivity contribution in [3.8, 4) is 5.75 Å². The van der Waals surface area contributed by atoms with Gasteiger partial charge in [-0.3, -0.25) is 24.0 Å². The van der Waals surface area contributed by atoms with Gasteiger partial charge in [0.05, 0.1) is 30.8 Å². The molecule has 1 saturated heterocycles. The average Bonchev–Trinajstić information content (AvgIpc) is 3.40. The quantitative estimate of drug-likeness (QED) is 0.381. The zero-order valence-electron chi connectivity index (χ0n) is 26.3. The molecule has 44 heavy (non-hydrogen) atoms. The van der Waals surface area contributed by atoms with E-state index in [2.05, 4.69) is 10.6 Å². The van der Waals surface area contributed by atoms with E-state index >= 15 is 0 Å². The van der Waals surface area contributed by atoms with E-state index in [9.17, 15) is 24.0 Å². The number of rotatable bonds is 8. The lowest BCUT2D eigenvalue weighted by Gasteiger charge is -2.35. The summed E-state index contributed by atoms with van der Waals surface area (Å²) in [5, 5.41) is 5.75. The highest BCUT2D eigenvalue weighted by molar-refractivity contribution is 6.37. The first-order valence-electron chi connectivity index (χ1n) is 16.1. The summed E-state index contributed by atoms with van der Waals surface area (Å²) in [6.45, 7) is 6.37. The number of carbonyl (C=O) groups is 5. The van der Waals surface area contributed by atoms with Gasteiger partial charge in [0.15, 0.2) is 0 Å². The maximum absolute atomic E-state index is 14.4. The Morgan fingerprint density at radius 1 is 1.16 bits per heavy atom. The van der Waals surface area contributed by atoms with Gasteiger partial charge in [-0.2, -0.15) is 0 Å². The van der Waals surface area contributed by atoms with Crippen LogP contribution in [-0.2, 0) is 35.1 Å². The minimum absolute atomic E-state index is 0.0670. The Hall–Kier alpha value is -3.47. The summed E-state index contributed by atoms with van der Waals surface area (Å²) < 4.78 is 12.5. The fourth-order valence-electron chi connectivity index (χ4n) is 6.60. The minimum Gasteiger partial charge on any atom is -0.493 e. The lowest BCUT2D eigenvalue weighted by Crippen LogP contribution is -2.58. The summed E-state index contributed by atoms with van der Waals surface area (Å²) in [7, 11) is 0. The minimum atomic E-state index is -1.11. The fourth-order valence-corrected chi connectivity index (χ4v) is 6.60. The van der Waals surface area contributed by atoms with Crippen molar-refractivity contribution >= 4 is 29.4 Å². The van der Waals surface area contributed by atoms with Crippen LogP contribution < -0.4 is 21.1 Å². The Bertz CT molecular complexity index is 1210. The molecule has 4 bridgehead atoms. The van der Waals surface area contributed by atoms with Gasteiger partial charge in [0.2, 0.25) is 23.5 Å². The predicted octanol–water partition coefficient (Wildman–Crippen LogP) is 2.57. The summed E-state index contributed by atoms with van der Waals surface area (Å²) in [5.41, 5.74) is 5.44. The first-order chi connectivity index (χ1) is 21.0. The molecule has 11 heteroatoms. The molecule has 3 aliphatic rings. The van der Waals surface area contributed by atoms with Crippen molar-refractivity contribution in [1.82, 2.24) is 15.5 Å². The van der Waals surface area contributed by atoms with E-state index in [1.807, 2.05) is 45.0 Å². The van der Waals surface area contributed by atoms with Crippen LogP contribution >= 0.6 is 0 Å². The number of nitrogens with two attached hydrogens (primary N) is 1. The van der Waals surface area contributed by atoms with Gasteiger partial charge < -0.3 is 30.7 Å². The van der Waals surface area contributed by atoms with Gasteiger partial charge in [0, 0.05) is 19.4 Å². The van der Waals surface area contributed by atoms with Crippen molar-refractivity contribution in [2.24, 2.45) is 11.7 Å². The first-order valence-corrected chi connectivity index (χ1v) is 16.1. The third-order valence-corrected chi connectivity index (χ3v) is 9.00. The van der Waals surface area contributed by atoms with Crippen molar-refractivity contribution in [3.05, 3.63) is 29.8 Å². The van der Waals surface area contributed by atoms with Crippen LogP contribution in [0.4, 0.5) is 0 Å². The number of unbranched alkanes of at least 4 members (excludes halogenated alkanes) is 1. The van der Waals surface area contributed by atoms with Crippen LogP contribution in [0.15, 0.2) is 24.3 Å². The third-order valence-electron chi connectivity index (χ3n) is 9.00. The second kappa shape index (κ2) is 15.0. The van der Waals surface area contributed by atoms with Crippen LogP contribution in [0.25, 0.3) is 0 Å². The maximum Gasteiger partial charge on any atom is 0.287 e. The maximum atomic E-state index is 14.4. The highest BCUT2D eigenvalue weighted by Gasteiger charge is 2.46. The molecule has 1 aromatic carbocycles. The Labute approximate surface area is 260 Å². The monoisotopic (exact) mass is 612 g/mol. The standard InChI is InChI=1S/C33H48N4O7/c1-4-5-14-25(29(39)30(34)40)35-31(41)26-19-24-20-37(26)32(42)28(22-11-7-6-8-12-22)36-27(38)18-21-10-9-13-23(17-21)43-16-15-33(2,3)44-24/h9-10,13,17,22,24-26,28H,4-8,11-12,14-16,18-20H2,1-3H3,(H2,34,40)(H,35,41)(H,36,38)/t24-,25?,26?,28+/m1/s1. The van der Waals surface area contributed by atoms with E-state index < -0.39 is 47.4 Å². The molecule has 1 aromatic rings. The Morgan fingerprint density at radius 3 is 2.61 bits per heavy atom. The number of primary amides is 1. The van der Waals surface area contributed by atoms with Crippen molar-refractivity contribution in [1.29, 1.82) is 0 Å². The topological polar surface area (TPSA) is 157 Å². The smallest absolute Gasteiger partial charge is 0.287 e. The summed E-state index contributed by atoms with van der Waals surface area (Å²) in [5.74, 6) is -2.53. The van der Waals surface area contributed by atoms with Crippen molar-refractivity contribution in [2.75, 3.05) is 13.2 Å². The third kappa shape index (κ3) is 8.80. The molecule has 242 valence electrons. The number of hydrogen-bond donors (Lipinski definition) is 3. The molecule has 0 spiro atoms. The molecular formula is C33H48N4O7. The molecule has 2 fully saturated rings. The summed E-state index contributed by atoms with van der Waals surface area (Å²) >= 11 is 0. The van der Waals surface area contributed by atoms with Gasteiger partial charge in [-0.25, -0.2) is 0 Å². The largest absolute Gasteiger partial charge is 0.493 e. The Morgan fingerprint density at radius 2 is 1.91 bits per heavy atom. The first kappa shape index (κ1) is 33.4. The number of ketones is 1. The normalized spacial score (nSPS) is 25.4. The van der Waals surface area contributed by atoms with Gasteiger partial charge in [-0.1, -0.05) is 51.2 Å². The average molecular weight is 613 g/mol. The zero-order valence-corrected chi connectivity index (χ0v) is 26.3. The molecule has 4 N–H and O–H groups in total. The highest BCUT2D eigenvalue weighted by atomic mass is 16.5. The van der Waals surface area contributed by atoms with Crippen molar-refractivity contribution < 1.29 is 33.4 Å². The van der Waals surface area contributed by atoms with E-state index in [1.54, 1.807) is 0 Å². The molecule has 0 radical (unpaired) electrons. The van der Waals surface area contributed by atoms with Gasteiger partial charge in [-0.15, -0.1) is 0 Å². The number of amides is 4. The number of nitrogens with one attached hydrogen (secondary N) is 2. The number of fused-ring (bicyclic) bond motifs is 4. The molecule has 11 nitrogen and oxygen atoms in total. The van der Waals surface area contributed by atoms with E-state index in [4.69, 9.17) is 15.2 Å². The fraction of sp³-hybridized carbons (Fsp3) is 0.667. The van der Waals surface area contributed by atoms with E-state index in [-0.39, 0.29) is 43.5 Å². The molecule has 2 unspecified atom stereocenters. The van der Waals surface area contributed by atoms with Crippen LogP contribution in [0.1, 0.15) is 90.5 Å². The van der Waals surface area contributed by atoms with Gasteiger partial charge in [-0.05, 0) is 56.7 Å². The molecule has 4 amide bonds. The number of benzene rings is 1.